The van der Waals surface area contributed by atoms with E-state index in [1.807, 2.05) is 0 Å². The average molecular weight is 383 g/mol. The molecule has 2 saturated carbocycles. The van der Waals surface area contributed by atoms with Crippen LogP contribution in [0.25, 0.3) is 0 Å². The normalized spacial score (nSPS) is 19.5. The van der Waals surface area contributed by atoms with E-state index >= 15 is 0 Å². The van der Waals surface area contributed by atoms with Gasteiger partial charge in [-0.2, -0.15) is 0 Å². The minimum absolute atomic E-state index is 0.0338. The fraction of sp³-hybridized carbons (Fsp3) is 0.524. The van der Waals surface area contributed by atoms with Crippen molar-refractivity contribution in [1.82, 2.24) is 15.5 Å². The first-order valence-electron chi connectivity index (χ1n) is 10.1. The van der Waals surface area contributed by atoms with Crippen molar-refractivity contribution in [3.8, 4) is 0 Å². The van der Waals surface area contributed by atoms with Gasteiger partial charge in [-0.05, 0) is 43.9 Å². The second-order valence-corrected chi connectivity index (χ2v) is 7.85. The molecule has 3 aliphatic rings. The van der Waals surface area contributed by atoms with Gasteiger partial charge in [-0.15, -0.1) is 0 Å². The van der Waals surface area contributed by atoms with Crippen molar-refractivity contribution in [2.45, 2.75) is 51.0 Å². The van der Waals surface area contributed by atoms with Crippen LogP contribution in [0.5, 0.6) is 0 Å². The number of rotatable bonds is 6. The minimum atomic E-state index is -0.320. The van der Waals surface area contributed by atoms with Crippen LogP contribution >= 0.6 is 0 Å². The molecule has 0 saturated heterocycles. The molecular weight excluding hydrogens is 358 g/mol. The van der Waals surface area contributed by atoms with Gasteiger partial charge in [0.2, 0.25) is 5.91 Å². The predicted molar refractivity (Wildman–Crippen MR) is 102 cm³/mol. The Balaban J connectivity index is 1.38. The lowest BCUT2D eigenvalue weighted by atomic mass is 9.94. The molecule has 4 amide bonds. The van der Waals surface area contributed by atoms with Crippen LogP contribution in [-0.2, 0) is 4.79 Å². The SMILES string of the molecule is O=C(NCCNC(=O)C1CC1)c1ccc2c(c1)C(=O)N(C1CCCCC1)C2=O. The molecule has 0 unspecified atom stereocenters. The zero-order chi connectivity index (χ0) is 19.7. The van der Waals surface area contributed by atoms with E-state index in [0.29, 0.717) is 29.8 Å². The van der Waals surface area contributed by atoms with E-state index in [0.717, 1.165) is 44.9 Å². The Morgan fingerprint density at radius 2 is 1.57 bits per heavy atom. The van der Waals surface area contributed by atoms with Crippen LogP contribution in [0.1, 0.15) is 76.0 Å². The van der Waals surface area contributed by atoms with Crippen LogP contribution < -0.4 is 10.6 Å². The molecule has 0 radical (unpaired) electrons. The Hall–Kier alpha value is -2.70. The zero-order valence-corrected chi connectivity index (χ0v) is 15.8. The summed E-state index contributed by atoms with van der Waals surface area (Å²) in [4.78, 5) is 50.8. The van der Waals surface area contributed by atoms with Crippen LogP contribution in [0.15, 0.2) is 18.2 Å². The summed E-state index contributed by atoms with van der Waals surface area (Å²) in [5.74, 6) is -0.679. The molecule has 28 heavy (non-hydrogen) atoms. The van der Waals surface area contributed by atoms with Gasteiger partial charge >= 0.3 is 0 Å². The second kappa shape index (κ2) is 7.73. The van der Waals surface area contributed by atoms with Crippen LogP contribution in [-0.4, -0.2) is 47.7 Å². The molecular formula is C21H25N3O4. The Bertz CT molecular complexity index is 825. The van der Waals surface area contributed by atoms with Crippen molar-refractivity contribution >= 4 is 23.6 Å². The Labute approximate surface area is 163 Å². The standard InChI is InChI=1S/C21H25N3O4/c25-18(13-6-7-13)22-10-11-23-19(26)14-8-9-16-17(12-14)21(28)24(20(16)27)15-4-2-1-3-5-15/h8-9,12-13,15H,1-7,10-11H2,(H,22,25)(H,23,26). The summed E-state index contributed by atoms with van der Waals surface area (Å²) in [5.41, 5.74) is 1.04. The monoisotopic (exact) mass is 383 g/mol. The maximum atomic E-state index is 12.8. The summed E-state index contributed by atoms with van der Waals surface area (Å²) in [6.07, 6.45) is 6.80. The molecule has 0 spiro atoms. The van der Waals surface area contributed by atoms with Crippen molar-refractivity contribution in [2.24, 2.45) is 5.92 Å². The molecule has 4 rings (SSSR count). The highest BCUT2D eigenvalue weighted by Crippen LogP contribution is 2.31. The lowest BCUT2D eigenvalue weighted by Gasteiger charge is -2.29. The maximum absolute atomic E-state index is 12.8. The Kier molecular flexibility index (Phi) is 5.15. The highest BCUT2D eigenvalue weighted by atomic mass is 16.2. The van der Waals surface area contributed by atoms with Crippen LogP contribution in [0.3, 0.4) is 0 Å². The summed E-state index contributed by atoms with van der Waals surface area (Å²) in [5, 5.41) is 5.53. The Morgan fingerprint density at radius 1 is 0.893 bits per heavy atom. The van der Waals surface area contributed by atoms with E-state index < -0.39 is 0 Å². The number of fused-ring (bicyclic) bond motifs is 1. The molecule has 148 valence electrons. The number of carbonyl (C=O) groups is 4. The second-order valence-electron chi connectivity index (χ2n) is 7.85. The van der Waals surface area contributed by atoms with E-state index in [-0.39, 0.29) is 35.6 Å². The number of imide groups is 1. The first kappa shape index (κ1) is 18.7. The summed E-state index contributed by atoms with van der Waals surface area (Å²) < 4.78 is 0. The number of hydrogen-bond donors (Lipinski definition) is 2. The van der Waals surface area contributed by atoms with E-state index in [2.05, 4.69) is 10.6 Å². The van der Waals surface area contributed by atoms with Gasteiger partial charge in [-0.25, -0.2) is 0 Å². The van der Waals surface area contributed by atoms with Gasteiger partial charge in [-0.1, -0.05) is 19.3 Å². The molecule has 2 N–H and O–H groups in total. The smallest absolute Gasteiger partial charge is 0.261 e. The Morgan fingerprint density at radius 3 is 2.29 bits per heavy atom. The fourth-order valence-corrected chi connectivity index (χ4v) is 4.03. The molecule has 1 aromatic rings. The number of nitrogens with one attached hydrogen (secondary N) is 2. The van der Waals surface area contributed by atoms with Crippen LogP contribution in [0.2, 0.25) is 0 Å². The highest BCUT2D eigenvalue weighted by molar-refractivity contribution is 6.22. The highest BCUT2D eigenvalue weighted by Gasteiger charge is 2.40. The largest absolute Gasteiger partial charge is 0.354 e. The third kappa shape index (κ3) is 3.66. The van der Waals surface area contributed by atoms with Crippen LogP contribution in [0.4, 0.5) is 0 Å². The average Bonchev–Trinajstić information content (AvgIpc) is 3.53. The topological polar surface area (TPSA) is 95.6 Å². The molecule has 1 heterocycles. The van der Waals surface area contributed by atoms with Gasteiger partial charge in [0.25, 0.3) is 17.7 Å². The number of hydrogen-bond acceptors (Lipinski definition) is 4. The van der Waals surface area contributed by atoms with Crippen molar-refractivity contribution in [2.75, 3.05) is 13.1 Å². The van der Waals surface area contributed by atoms with Gasteiger partial charge in [0.1, 0.15) is 0 Å². The summed E-state index contributed by atoms with van der Waals surface area (Å²) in [7, 11) is 0. The quantitative estimate of drug-likeness (QED) is 0.579. The summed E-state index contributed by atoms with van der Waals surface area (Å²) in [6, 6.07) is 4.62. The first-order chi connectivity index (χ1) is 13.6. The molecule has 0 bridgehead atoms. The summed E-state index contributed by atoms with van der Waals surface area (Å²) in [6.45, 7) is 0.689. The molecule has 7 heteroatoms. The zero-order valence-electron chi connectivity index (χ0n) is 15.8. The van der Waals surface area contributed by atoms with Gasteiger partial charge in [-0.3, -0.25) is 24.1 Å². The molecule has 1 aliphatic heterocycles. The molecule has 1 aromatic carbocycles. The van der Waals surface area contributed by atoms with E-state index in [1.165, 1.54) is 11.0 Å². The van der Waals surface area contributed by atoms with E-state index in [1.54, 1.807) is 12.1 Å². The first-order valence-corrected chi connectivity index (χ1v) is 10.1. The third-order valence-corrected chi connectivity index (χ3v) is 5.78. The number of benzene rings is 1. The van der Waals surface area contributed by atoms with E-state index in [9.17, 15) is 19.2 Å². The predicted octanol–water partition coefficient (Wildman–Crippen LogP) is 1.87. The lowest BCUT2D eigenvalue weighted by molar-refractivity contribution is -0.122. The van der Waals surface area contributed by atoms with Crippen LogP contribution in [0, 0.1) is 5.92 Å². The van der Waals surface area contributed by atoms with Gasteiger partial charge in [0.15, 0.2) is 0 Å². The molecule has 2 fully saturated rings. The van der Waals surface area contributed by atoms with Gasteiger partial charge < -0.3 is 10.6 Å². The third-order valence-electron chi connectivity index (χ3n) is 5.78. The van der Waals surface area contributed by atoms with Crippen molar-refractivity contribution in [3.05, 3.63) is 34.9 Å². The maximum Gasteiger partial charge on any atom is 0.261 e. The van der Waals surface area contributed by atoms with Gasteiger partial charge in [0, 0.05) is 30.6 Å². The molecule has 0 atom stereocenters. The lowest BCUT2D eigenvalue weighted by Crippen LogP contribution is -2.40. The fourth-order valence-electron chi connectivity index (χ4n) is 4.03. The number of nitrogens with zero attached hydrogens (tertiary/aromatic N) is 1. The summed E-state index contributed by atoms with van der Waals surface area (Å²) >= 11 is 0. The molecule has 0 aromatic heterocycles. The van der Waals surface area contributed by atoms with E-state index in [4.69, 9.17) is 0 Å². The number of amides is 4. The molecule has 7 nitrogen and oxygen atoms in total. The number of carbonyl (C=O) groups excluding carboxylic acids is 4. The van der Waals surface area contributed by atoms with Gasteiger partial charge in [0.05, 0.1) is 11.1 Å². The minimum Gasteiger partial charge on any atom is -0.354 e. The molecule has 2 aliphatic carbocycles. The van der Waals surface area contributed by atoms with Crippen molar-refractivity contribution in [1.29, 1.82) is 0 Å². The van der Waals surface area contributed by atoms with Crippen molar-refractivity contribution in [3.63, 3.8) is 0 Å². The van der Waals surface area contributed by atoms with Crippen molar-refractivity contribution < 1.29 is 19.2 Å².